The molecule has 1 amide bonds. The van der Waals surface area contributed by atoms with Gasteiger partial charge < -0.3 is 11.1 Å². The van der Waals surface area contributed by atoms with Gasteiger partial charge in [0.2, 0.25) is 5.91 Å². The van der Waals surface area contributed by atoms with E-state index in [1.165, 1.54) is 6.07 Å². The number of nitrogens with two attached hydrogens (primary N) is 1. The van der Waals surface area contributed by atoms with Crippen LogP contribution in [-0.2, 0) is 11.0 Å². The standard InChI is InChI=1S/C16H18F3N3O/c17-16(18,19)13-6-3-11(8-20)7-14(13)22-9-10-1-4-12(5-2-10)15(21)23/h3,6-7,10,12,22H,1-2,4-5,9H2,(H2,21,23). The van der Waals surface area contributed by atoms with Crippen LogP contribution in [0, 0.1) is 23.2 Å². The smallest absolute Gasteiger partial charge is 0.384 e. The zero-order valence-corrected chi connectivity index (χ0v) is 12.5. The van der Waals surface area contributed by atoms with Crippen LogP contribution in [0.1, 0.15) is 36.8 Å². The van der Waals surface area contributed by atoms with E-state index in [-0.39, 0.29) is 29.0 Å². The molecule has 0 atom stereocenters. The Morgan fingerprint density at radius 2 is 1.96 bits per heavy atom. The SMILES string of the molecule is N#Cc1ccc(C(F)(F)F)c(NCC2CCC(C(N)=O)CC2)c1. The van der Waals surface area contributed by atoms with Gasteiger partial charge in [-0.25, -0.2) is 0 Å². The van der Waals surface area contributed by atoms with Crippen LogP contribution in [0.5, 0.6) is 0 Å². The van der Waals surface area contributed by atoms with Crippen molar-refractivity contribution in [3.63, 3.8) is 0 Å². The van der Waals surface area contributed by atoms with E-state index >= 15 is 0 Å². The summed E-state index contributed by atoms with van der Waals surface area (Å²) < 4.78 is 39.0. The molecule has 124 valence electrons. The van der Waals surface area contributed by atoms with Crippen molar-refractivity contribution in [1.82, 2.24) is 0 Å². The highest BCUT2D eigenvalue weighted by Gasteiger charge is 2.34. The Balaban J connectivity index is 2.03. The Labute approximate surface area is 132 Å². The molecule has 1 aromatic carbocycles. The lowest BCUT2D eigenvalue weighted by Crippen LogP contribution is -2.29. The fourth-order valence-corrected chi connectivity index (χ4v) is 2.91. The van der Waals surface area contributed by atoms with Crippen LogP contribution in [0.3, 0.4) is 0 Å². The van der Waals surface area contributed by atoms with Gasteiger partial charge in [0.1, 0.15) is 0 Å². The predicted octanol–water partition coefficient (Wildman–Crippen LogP) is 3.28. The van der Waals surface area contributed by atoms with Gasteiger partial charge in [-0.05, 0) is 49.8 Å². The van der Waals surface area contributed by atoms with Crippen molar-refractivity contribution < 1.29 is 18.0 Å². The molecule has 0 saturated heterocycles. The summed E-state index contributed by atoms with van der Waals surface area (Å²) in [7, 11) is 0. The number of rotatable bonds is 4. The van der Waals surface area contributed by atoms with Crippen LogP contribution in [0.15, 0.2) is 18.2 Å². The second-order valence-electron chi connectivity index (χ2n) is 5.87. The van der Waals surface area contributed by atoms with Gasteiger partial charge in [-0.3, -0.25) is 4.79 Å². The Morgan fingerprint density at radius 3 is 2.48 bits per heavy atom. The minimum Gasteiger partial charge on any atom is -0.384 e. The summed E-state index contributed by atoms with van der Waals surface area (Å²) in [6, 6.07) is 5.14. The lowest BCUT2D eigenvalue weighted by molar-refractivity contribution is -0.137. The average molecular weight is 325 g/mol. The molecule has 1 fully saturated rings. The van der Waals surface area contributed by atoms with Crippen molar-refractivity contribution in [2.75, 3.05) is 11.9 Å². The van der Waals surface area contributed by atoms with Gasteiger partial charge in [0, 0.05) is 18.2 Å². The minimum atomic E-state index is -4.47. The van der Waals surface area contributed by atoms with Gasteiger partial charge in [0.05, 0.1) is 17.2 Å². The molecule has 3 N–H and O–H groups in total. The van der Waals surface area contributed by atoms with Crippen LogP contribution < -0.4 is 11.1 Å². The number of hydrogen-bond acceptors (Lipinski definition) is 3. The van der Waals surface area contributed by atoms with Gasteiger partial charge in [-0.15, -0.1) is 0 Å². The summed E-state index contributed by atoms with van der Waals surface area (Å²) in [6.07, 6.45) is -1.63. The van der Waals surface area contributed by atoms with E-state index in [9.17, 15) is 18.0 Å². The topological polar surface area (TPSA) is 78.9 Å². The molecule has 1 aliphatic carbocycles. The van der Waals surface area contributed by atoms with Gasteiger partial charge in [0.15, 0.2) is 0 Å². The molecule has 0 aliphatic heterocycles. The number of halogens is 3. The van der Waals surface area contributed by atoms with Crippen molar-refractivity contribution in [2.24, 2.45) is 17.6 Å². The van der Waals surface area contributed by atoms with Crippen LogP contribution >= 0.6 is 0 Å². The maximum atomic E-state index is 13.0. The quantitative estimate of drug-likeness (QED) is 0.891. The molecule has 0 bridgehead atoms. The van der Waals surface area contributed by atoms with Crippen LogP contribution in [0.2, 0.25) is 0 Å². The summed E-state index contributed by atoms with van der Waals surface area (Å²) in [5, 5.41) is 11.7. The zero-order chi connectivity index (χ0) is 17.0. The molecule has 4 nitrogen and oxygen atoms in total. The van der Waals surface area contributed by atoms with E-state index in [1.54, 1.807) is 0 Å². The van der Waals surface area contributed by atoms with Crippen molar-refractivity contribution in [1.29, 1.82) is 5.26 Å². The second-order valence-corrected chi connectivity index (χ2v) is 5.87. The van der Waals surface area contributed by atoms with Crippen molar-refractivity contribution >= 4 is 11.6 Å². The van der Waals surface area contributed by atoms with Gasteiger partial charge in [0.25, 0.3) is 0 Å². The Hall–Kier alpha value is -2.23. The number of alkyl halides is 3. The van der Waals surface area contributed by atoms with Gasteiger partial charge >= 0.3 is 6.18 Å². The highest BCUT2D eigenvalue weighted by Crippen LogP contribution is 2.36. The number of hydrogen-bond donors (Lipinski definition) is 2. The zero-order valence-electron chi connectivity index (χ0n) is 12.5. The van der Waals surface area contributed by atoms with E-state index in [2.05, 4.69) is 5.32 Å². The molecule has 1 saturated carbocycles. The number of nitrogens with zero attached hydrogens (tertiary/aromatic N) is 1. The minimum absolute atomic E-state index is 0.0754. The summed E-state index contributed by atoms with van der Waals surface area (Å²) in [4.78, 5) is 11.1. The Bertz CT molecular complexity index is 614. The van der Waals surface area contributed by atoms with Gasteiger partial charge in [-0.1, -0.05) is 0 Å². The Morgan fingerprint density at radius 1 is 1.30 bits per heavy atom. The van der Waals surface area contributed by atoms with E-state index in [1.807, 2.05) is 6.07 Å². The van der Waals surface area contributed by atoms with E-state index in [4.69, 9.17) is 11.0 Å². The molecule has 1 aliphatic rings. The maximum absolute atomic E-state index is 13.0. The average Bonchev–Trinajstić information content (AvgIpc) is 2.52. The lowest BCUT2D eigenvalue weighted by Gasteiger charge is -2.27. The summed E-state index contributed by atoms with van der Waals surface area (Å²) in [6.45, 7) is 0.378. The lowest BCUT2D eigenvalue weighted by atomic mass is 9.81. The van der Waals surface area contributed by atoms with Crippen LogP contribution in [0.25, 0.3) is 0 Å². The van der Waals surface area contributed by atoms with E-state index in [0.717, 1.165) is 25.0 Å². The van der Waals surface area contributed by atoms with Gasteiger partial charge in [-0.2, -0.15) is 18.4 Å². The highest BCUT2D eigenvalue weighted by molar-refractivity contribution is 5.76. The third-order valence-corrected chi connectivity index (χ3v) is 4.28. The molecule has 2 rings (SSSR count). The molecule has 1 aromatic rings. The van der Waals surface area contributed by atoms with Crippen molar-refractivity contribution in [3.8, 4) is 6.07 Å². The molecule has 7 heteroatoms. The number of carbonyl (C=O) groups is 1. The summed E-state index contributed by atoms with van der Waals surface area (Å²) in [5.74, 6) is -0.242. The van der Waals surface area contributed by atoms with Crippen LogP contribution in [0.4, 0.5) is 18.9 Å². The first-order valence-electron chi connectivity index (χ1n) is 7.45. The first-order chi connectivity index (χ1) is 10.8. The molecule has 0 heterocycles. The molecule has 0 radical (unpaired) electrons. The third kappa shape index (κ3) is 4.38. The first-order valence-corrected chi connectivity index (χ1v) is 7.45. The first kappa shape index (κ1) is 17.1. The number of anilines is 1. The molecular weight excluding hydrogens is 307 g/mol. The van der Waals surface area contributed by atoms with E-state index in [0.29, 0.717) is 19.4 Å². The van der Waals surface area contributed by atoms with Crippen LogP contribution in [-0.4, -0.2) is 12.5 Å². The number of benzene rings is 1. The number of primary amides is 1. The normalized spacial score (nSPS) is 21.5. The largest absolute Gasteiger partial charge is 0.418 e. The summed E-state index contributed by atoms with van der Waals surface area (Å²) in [5.41, 5.74) is 4.59. The van der Waals surface area contributed by atoms with Crippen molar-refractivity contribution in [3.05, 3.63) is 29.3 Å². The third-order valence-electron chi connectivity index (χ3n) is 4.28. The highest BCUT2D eigenvalue weighted by atomic mass is 19.4. The summed E-state index contributed by atoms with van der Waals surface area (Å²) >= 11 is 0. The number of nitriles is 1. The molecule has 0 aromatic heterocycles. The fraction of sp³-hybridized carbons (Fsp3) is 0.500. The number of amides is 1. The molecule has 0 spiro atoms. The van der Waals surface area contributed by atoms with Crippen molar-refractivity contribution in [2.45, 2.75) is 31.9 Å². The Kier molecular flexibility index (Phi) is 5.14. The van der Waals surface area contributed by atoms with E-state index < -0.39 is 11.7 Å². The fourth-order valence-electron chi connectivity index (χ4n) is 2.91. The molecule has 23 heavy (non-hydrogen) atoms. The predicted molar refractivity (Wildman–Crippen MR) is 79.3 cm³/mol. The second kappa shape index (κ2) is 6.90. The number of carbonyl (C=O) groups excluding carboxylic acids is 1. The molecular formula is C16H18F3N3O. The monoisotopic (exact) mass is 325 g/mol. The molecule has 0 unspecified atom stereocenters. The maximum Gasteiger partial charge on any atom is 0.418 e. The number of nitrogens with one attached hydrogen (secondary N) is 1.